The fourth-order valence-corrected chi connectivity index (χ4v) is 2.55. The number of halogens is 2. The van der Waals surface area contributed by atoms with E-state index < -0.39 is 0 Å². The van der Waals surface area contributed by atoms with Gasteiger partial charge in [0.25, 0.3) is 5.91 Å². The number of hydrogen-bond acceptors (Lipinski definition) is 3. The van der Waals surface area contributed by atoms with Gasteiger partial charge in [0.1, 0.15) is 12.7 Å². The van der Waals surface area contributed by atoms with Crippen LogP contribution in [0, 0.1) is 6.92 Å². The Morgan fingerprint density at radius 3 is 2.52 bits per heavy atom. The van der Waals surface area contributed by atoms with Gasteiger partial charge < -0.3 is 5.32 Å². The molecule has 0 bridgehead atoms. The van der Waals surface area contributed by atoms with Crippen molar-refractivity contribution >= 4 is 34.8 Å². The molecular weight excluding hydrogens is 335 g/mol. The SMILES string of the molecule is Cc1c(Cl)cccc1NC(=O)c1ccc(-n2cnnc2)cc1Cl. The number of anilines is 1. The molecule has 3 aromatic rings. The van der Waals surface area contributed by atoms with E-state index in [0.717, 1.165) is 11.3 Å². The van der Waals surface area contributed by atoms with Gasteiger partial charge in [0.15, 0.2) is 0 Å². The molecule has 1 heterocycles. The zero-order valence-corrected chi connectivity index (χ0v) is 13.6. The highest BCUT2D eigenvalue weighted by molar-refractivity contribution is 6.35. The average molecular weight is 347 g/mol. The molecule has 1 N–H and O–H groups in total. The molecule has 0 unspecified atom stereocenters. The lowest BCUT2D eigenvalue weighted by atomic mass is 10.1. The number of carbonyl (C=O) groups excluding carboxylic acids is 1. The smallest absolute Gasteiger partial charge is 0.257 e. The van der Waals surface area contributed by atoms with Crippen LogP contribution in [-0.4, -0.2) is 20.7 Å². The normalized spacial score (nSPS) is 10.6. The Bertz CT molecular complexity index is 863. The molecule has 5 nitrogen and oxygen atoms in total. The van der Waals surface area contributed by atoms with Crippen LogP contribution in [0.4, 0.5) is 5.69 Å². The molecule has 23 heavy (non-hydrogen) atoms. The third-order valence-electron chi connectivity index (χ3n) is 3.43. The summed E-state index contributed by atoms with van der Waals surface area (Å²) < 4.78 is 1.70. The Kier molecular flexibility index (Phi) is 4.32. The van der Waals surface area contributed by atoms with Gasteiger partial charge in [-0.1, -0.05) is 29.3 Å². The molecule has 0 spiro atoms. The van der Waals surface area contributed by atoms with E-state index in [2.05, 4.69) is 15.5 Å². The maximum atomic E-state index is 12.4. The van der Waals surface area contributed by atoms with Gasteiger partial charge in [-0.15, -0.1) is 10.2 Å². The van der Waals surface area contributed by atoms with Crippen molar-refractivity contribution in [2.24, 2.45) is 0 Å². The number of aromatic nitrogens is 3. The Morgan fingerprint density at radius 1 is 1.09 bits per heavy atom. The second-order valence-electron chi connectivity index (χ2n) is 4.90. The Balaban J connectivity index is 1.87. The third-order valence-corrected chi connectivity index (χ3v) is 4.15. The number of nitrogens with one attached hydrogen (secondary N) is 1. The van der Waals surface area contributed by atoms with Crippen LogP contribution < -0.4 is 5.32 Å². The summed E-state index contributed by atoms with van der Waals surface area (Å²) in [6, 6.07) is 10.5. The maximum absolute atomic E-state index is 12.4. The fraction of sp³-hybridized carbons (Fsp3) is 0.0625. The summed E-state index contributed by atoms with van der Waals surface area (Å²) in [6.45, 7) is 1.84. The summed E-state index contributed by atoms with van der Waals surface area (Å²) in [6.07, 6.45) is 3.11. The third kappa shape index (κ3) is 3.21. The number of benzene rings is 2. The number of rotatable bonds is 3. The molecule has 0 aliphatic carbocycles. The van der Waals surface area contributed by atoms with Crippen LogP contribution in [0.3, 0.4) is 0 Å². The van der Waals surface area contributed by atoms with Crippen molar-refractivity contribution in [2.75, 3.05) is 5.32 Å². The summed E-state index contributed by atoms with van der Waals surface area (Å²) in [4.78, 5) is 12.4. The average Bonchev–Trinajstić information content (AvgIpc) is 3.06. The van der Waals surface area contributed by atoms with E-state index in [1.54, 1.807) is 53.6 Å². The van der Waals surface area contributed by atoms with Gasteiger partial charge >= 0.3 is 0 Å². The molecule has 3 rings (SSSR count). The van der Waals surface area contributed by atoms with Crippen LogP contribution in [0.15, 0.2) is 49.1 Å². The predicted molar refractivity (Wildman–Crippen MR) is 90.5 cm³/mol. The molecule has 1 aromatic heterocycles. The summed E-state index contributed by atoms with van der Waals surface area (Å²) >= 11 is 12.3. The van der Waals surface area contributed by atoms with Gasteiger partial charge in [-0.05, 0) is 42.8 Å². The van der Waals surface area contributed by atoms with E-state index in [9.17, 15) is 4.79 Å². The Hall–Kier alpha value is -2.37. The van der Waals surface area contributed by atoms with E-state index in [1.807, 2.05) is 6.92 Å². The van der Waals surface area contributed by atoms with Crippen molar-refractivity contribution in [1.82, 2.24) is 14.8 Å². The highest BCUT2D eigenvalue weighted by Gasteiger charge is 2.13. The molecule has 0 aliphatic rings. The minimum Gasteiger partial charge on any atom is -0.322 e. The zero-order chi connectivity index (χ0) is 16.4. The minimum absolute atomic E-state index is 0.296. The van der Waals surface area contributed by atoms with Crippen molar-refractivity contribution < 1.29 is 4.79 Å². The fourth-order valence-electron chi connectivity index (χ4n) is 2.12. The molecule has 0 radical (unpaired) electrons. The van der Waals surface area contributed by atoms with Crippen LogP contribution in [-0.2, 0) is 0 Å². The molecule has 0 aliphatic heterocycles. The number of amides is 1. The monoisotopic (exact) mass is 346 g/mol. The van der Waals surface area contributed by atoms with Gasteiger partial charge in [-0.3, -0.25) is 9.36 Å². The van der Waals surface area contributed by atoms with E-state index in [1.165, 1.54) is 0 Å². The molecule has 0 saturated carbocycles. The second kappa shape index (κ2) is 6.40. The van der Waals surface area contributed by atoms with E-state index >= 15 is 0 Å². The summed E-state index contributed by atoms with van der Waals surface area (Å²) in [5.74, 6) is -0.296. The van der Waals surface area contributed by atoms with Crippen molar-refractivity contribution in [3.8, 4) is 5.69 Å². The molecule has 1 amide bonds. The number of hydrogen-bond donors (Lipinski definition) is 1. The van der Waals surface area contributed by atoms with Crippen LogP contribution in [0.5, 0.6) is 0 Å². The summed E-state index contributed by atoms with van der Waals surface area (Å²) in [7, 11) is 0. The topological polar surface area (TPSA) is 59.8 Å². The molecule has 7 heteroatoms. The first-order chi connectivity index (χ1) is 11.1. The van der Waals surface area contributed by atoms with Gasteiger partial charge in [-0.2, -0.15) is 0 Å². The molecule has 0 atom stereocenters. The maximum Gasteiger partial charge on any atom is 0.257 e. The minimum atomic E-state index is -0.296. The summed E-state index contributed by atoms with van der Waals surface area (Å²) in [5, 5.41) is 11.2. The van der Waals surface area contributed by atoms with Crippen LogP contribution in [0.2, 0.25) is 10.0 Å². The standard InChI is InChI=1S/C16H12Cl2N4O/c1-10-13(17)3-2-4-15(10)21-16(23)12-6-5-11(7-14(12)18)22-8-19-20-9-22/h2-9H,1H3,(H,21,23). The van der Waals surface area contributed by atoms with Crippen molar-refractivity contribution in [2.45, 2.75) is 6.92 Å². The lowest BCUT2D eigenvalue weighted by molar-refractivity contribution is 0.102. The van der Waals surface area contributed by atoms with E-state index in [4.69, 9.17) is 23.2 Å². The van der Waals surface area contributed by atoms with Crippen LogP contribution in [0.25, 0.3) is 5.69 Å². The van der Waals surface area contributed by atoms with Gasteiger partial charge in [0.2, 0.25) is 0 Å². The first-order valence-electron chi connectivity index (χ1n) is 6.77. The zero-order valence-electron chi connectivity index (χ0n) is 12.1. The second-order valence-corrected chi connectivity index (χ2v) is 5.71. The highest BCUT2D eigenvalue weighted by atomic mass is 35.5. The first-order valence-corrected chi connectivity index (χ1v) is 7.53. The van der Waals surface area contributed by atoms with E-state index in [0.29, 0.717) is 21.3 Å². The van der Waals surface area contributed by atoms with Crippen molar-refractivity contribution in [3.05, 3.63) is 70.2 Å². The highest BCUT2D eigenvalue weighted by Crippen LogP contribution is 2.25. The Morgan fingerprint density at radius 2 is 1.83 bits per heavy atom. The first kappa shape index (κ1) is 15.5. The molecular formula is C16H12Cl2N4O. The van der Waals surface area contributed by atoms with Crippen LogP contribution in [0.1, 0.15) is 15.9 Å². The van der Waals surface area contributed by atoms with Crippen molar-refractivity contribution in [1.29, 1.82) is 0 Å². The van der Waals surface area contributed by atoms with Gasteiger partial charge in [0.05, 0.1) is 10.6 Å². The quantitative estimate of drug-likeness (QED) is 0.775. The predicted octanol–water partition coefficient (Wildman–Crippen LogP) is 4.13. The molecule has 2 aromatic carbocycles. The largest absolute Gasteiger partial charge is 0.322 e. The van der Waals surface area contributed by atoms with Crippen LogP contribution >= 0.6 is 23.2 Å². The Labute approximate surface area is 142 Å². The van der Waals surface area contributed by atoms with E-state index in [-0.39, 0.29) is 5.91 Å². The van der Waals surface area contributed by atoms with Crippen molar-refractivity contribution in [3.63, 3.8) is 0 Å². The number of nitrogens with zero attached hydrogens (tertiary/aromatic N) is 3. The lowest BCUT2D eigenvalue weighted by Crippen LogP contribution is -2.13. The summed E-state index contributed by atoms with van der Waals surface area (Å²) in [5.41, 5.74) is 2.61. The molecule has 116 valence electrons. The van der Waals surface area contributed by atoms with Gasteiger partial charge in [0, 0.05) is 16.4 Å². The lowest BCUT2D eigenvalue weighted by Gasteiger charge is -2.11. The molecule has 0 fully saturated rings. The van der Waals surface area contributed by atoms with Gasteiger partial charge in [-0.25, -0.2) is 0 Å². The number of carbonyl (C=O) groups is 1. The molecule has 0 saturated heterocycles.